The number of quaternary nitrogens is 1. The smallest absolute Gasteiger partial charge is 0.137 e. The number of hydrogen-bond donors (Lipinski definition) is 0. The Morgan fingerprint density at radius 1 is 1.00 bits per heavy atom. The third-order valence-electron chi connectivity index (χ3n) is 2.80. The fourth-order valence-electron chi connectivity index (χ4n) is 1.72. The summed E-state index contributed by atoms with van der Waals surface area (Å²) in [4.78, 5) is 0. The lowest BCUT2D eigenvalue weighted by Gasteiger charge is -2.23. The van der Waals surface area contributed by atoms with Gasteiger partial charge in [-0.05, 0) is 35.0 Å². The Morgan fingerprint density at radius 3 is 2.39 bits per heavy atom. The van der Waals surface area contributed by atoms with Crippen molar-refractivity contribution in [1.29, 1.82) is 0 Å². The first-order valence-electron chi connectivity index (χ1n) is 6.07. The second kappa shape index (κ2) is 5.29. The highest BCUT2D eigenvalue weighted by molar-refractivity contribution is 9.10. The van der Waals surface area contributed by atoms with Crippen molar-refractivity contribution in [2.24, 2.45) is 0 Å². The van der Waals surface area contributed by atoms with Gasteiger partial charge in [-0.3, -0.25) is 0 Å². The Balaban J connectivity index is 2.08. The Bertz CT molecular complexity index is 546. The number of halogens is 1. The molecule has 0 spiro atoms. The predicted molar refractivity (Wildman–Crippen MR) is 80.0 cm³/mol. The van der Waals surface area contributed by atoms with E-state index in [2.05, 4.69) is 67.4 Å². The van der Waals surface area contributed by atoms with E-state index in [-0.39, 0.29) is 0 Å². The van der Waals surface area contributed by atoms with Crippen molar-refractivity contribution in [2.45, 2.75) is 0 Å². The van der Waals surface area contributed by atoms with Crippen LogP contribution in [0.3, 0.4) is 0 Å². The van der Waals surface area contributed by atoms with Crippen LogP contribution in [0.25, 0.3) is 10.8 Å². The van der Waals surface area contributed by atoms with E-state index in [0.29, 0.717) is 0 Å². The van der Waals surface area contributed by atoms with Gasteiger partial charge in [-0.25, -0.2) is 0 Å². The van der Waals surface area contributed by atoms with E-state index in [4.69, 9.17) is 4.74 Å². The van der Waals surface area contributed by atoms with Crippen molar-refractivity contribution >= 4 is 26.7 Å². The third kappa shape index (κ3) is 3.72. The lowest BCUT2D eigenvalue weighted by Crippen LogP contribution is -2.38. The summed E-state index contributed by atoms with van der Waals surface area (Å²) in [6, 6.07) is 12.5. The van der Waals surface area contributed by atoms with Crippen LogP contribution in [0.4, 0.5) is 0 Å². The van der Waals surface area contributed by atoms with Gasteiger partial charge in [0.25, 0.3) is 0 Å². The average molecular weight is 309 g/mol. The van der Waals surface area contributed by atoms with Crippen molar-refractivity contribution in [2.75, 3.05) is 34.3 Å². The predicted octanol–water partition coefficient (Wildman–Crippen LogP) is 3.69. The second-order valence-corrected chi connectivity index (χ2v) is 6.43. The van der Waals surface area contributed by atoms with Crippen LogP contribution >= 0.6 is 15.9 Å². The van der Waals surface area contributed by atoms with Gasteiger partial charge in [-0.2, -0.15) is 0 Å². The molecule has 0 heterocycles. The molecule has 18 heavy (non-hydrogen) atoms. The fourth-order valence-corrected chi connectivity index (χ4v) is 2.10. The van der Waals surface area contributed by atoms with Crippen molar-refractivity contribution in [3.05, 3.63) is 40.9 Å². The zero-order valence-electron chi connectivity index (χ0n) is 11.1. The number of likely N-dealkylation sites (N-methyl/N-ethyl adjacent to an activating group) is 1. The molecule has 2 aromatic carbocycles. The number of nitrogens with zero attached hydrogens (tertiary/aromatic N) is 1. The molecule has 0 aromatic heterocycles. The quantitative estimate of drug-likeness (QED) is 0.783. The summed E-state index contributed by atoms with van der Waals surface area (Å²) in [6.45, 7) is 1.74. The summed E-state index contributed by atoms with van der Waals surface area (Å²) in [7, 11) is 6.50. The van der Waals surface area contributed by atoms with E-state index in [9.17, 15) is 0 Å². The number of rotatable bonds is 4. The van der Waals surface area contributed by atoms with Crippen molar-refractivity contribution in [1.82, 2.24) is 0 Å². The minimum absolute atomic E-state index is 0.742. The van der Waals surface area contributed by atoms with Crippen molar-refractivity contribution in [3.8, 4) is 5.75 Å². The molecule has 0 radical (unpaired) electrons. The summed E-state index contributed by atoms with van der Waals surface area (Å²) in [6.07, 6.45) is 0. The van der Waals surface area contributed by atoms with Gasteiger partial charge >= 0.3 is 0 Å². The number of hydrogen-bond acceptors (Lipinski definition) is 1. The molecule has 3 heteroatoms. The minimum atomic E-state index is 0.742. The molecule has 0 aliphatic rings. The first-order chi connectivity index (χ1) is 8.44. The zero-order valence-corrected chi connectivity index (χ0v) is 12.7. The van der Waals surface area contributed by atoms with Gasteiger partial charge in [0.15, 0.2) is 0 Å². The lowest BCUT2D eigenvalue weighted by atomic mass is 10.1. The van der Waals surface area contributed by atoms with Crippen LogP contribution in [0.1, 0.15) is 0 Å². The minimum Gasteiger partial charge on any atom is -0.488 e. The van der Waals surface area contributed by atoms with Gasteiger partial charge in [0, 0.05) is 4.47 Å². The first kappa shape index (κ1) is 13.4. The molecular weight excluding hydrogens is 290 g/mol. The highest BCUT2D eigenvalue weighted by Crippen LogP contribution is 2.24. The topological polar surface area (TPSA) is 9.23 Å². The van der Waals surface area contributed by atoms with Crippen LogP contribution < -0.4 is 4.74 Å². The Hall–Kier alpha value is -1.06. The molecule has 0 aliphatic heterocycles. The van der Waals surface area contributed by atoms with Crippen LogP contribution in [0, 0.1) is 0 Å². The molecule has 0 aliphatic carbocycles. The van der Waals surface area contributed by atoms with E-state index in [1.54, 1.807) is 0 Å². The highest BCUT2D eigenvalue weighted by atomic mass is 79.9. The molecule has 0 saturated heterocycles. The number of benzene rings is 2. The highest BCUT2D eigenvalue weighted by Gasteiger charge is 2.06. The van der Waals surface area contributed by atoms with Gasteiger partial charge in [0.05, 0.1) is 21.1 Å². The summed E-state index contributed by atoms with van der Waals surface area (Å²) in [5, 5.41) is 2.43. The lowest BCUT2D eigenvalue weighted by molar-refractivity contribution is -0.870. The first-order valence-corrected chi connectivity index (χ1v) is 6.86. The number of ether oxygens (including phenoxy) is 1. The fraction of sp³-hybridized carbons (Fsp3) is 0.333. The SMILES string of the molecule is C[N+](C)(C)CCOc1ccc2cc(Br)ccc2c1. The van der Waals surface area contributed by atoms with Crippen LogP contribution in [-0.4, -0.2) is 38.8 Å². The van der Waals surface area contributed by atoms with Gasteiger partial charge in [0.1, 0.15) is 18.9 Å². The second-order valence-electron chi connectivity index (χ2n) is 5.52. The van der Waals surface area contributed by atoms with Crippen LogP contribution in [0.15, 0.2) is 40.9 Å². The van der Waals surface area contributed by atoms with Gasteiger partial charge in [-0.1, -0.05) is 28.1 Å². The zero-order chi connectivity index (χ0) is 13.2. The molecule has 0 N–H and O–H groups in total. The van der Waals surface area contributed by atoms with Crippen molar-refractivity contribution in [3.63, 3.8) is 0 Å². The van der Waals surface area contributed by atoms with E-state index < -0.39 is 0 Å². The molecule has 2 rings (SSSR count). The third-order valence-corrected chi connectivity index (χ3v) is 3.30. The van der Waals surface area contributed by atoms with E-state index >= 15 is 0 Å². The maximum Gasteiger partial charge on any atom is 0.137 e. The largest absolute Gasteiger partial charge is 0.488 e. The monoisotopic (exact) mass is 308 g/mol. The van der Waals surface area contributed by atoms with Gasteiger partial charge in [0.2, 0.25) is 0 Å². The van der Waals surface area contributed by atoms with Gasteiger partial charge < -0.3 is 9.22 Å². The van der Waals surface area contributed by atoms with E-state index in [1.807, 2.05) is 6.07 Å². The molecule has 0 fully saturated rings. The molecule has 0 saturated carbocycles. The summed E-state index contributed by atoms with van der Waals surface area (Å²) in [5.41, 5.74) is 0. The van der Waals surface area contributed by atoms with E-state index in [0.717, 1.165) is 27.9 Å². The average Bonchev–Trinajstić information content (AvgIpc) is 2.27. The molecular formula is C15H19BrNO+. The van der Waals surface area contributed by atoms with E-state index in [1.165, 1.54) is 10.8 Å². The molecule has 96 valence electrons. The Labute approximate surface area is 117 Å². The standard InChI is InChI=1S/C15H19BrNO/c1-17(2,3)8-9-18-15-7-5-12-10-14(16)6-4-13(12)11-15/h4-7,10-11H,8-9H2,1-3H3/q+1. The summed E-state index contributed by atoms with van der Waals surface area (Å²) >= 11 is 3.48. The molecule has 2 aromatic rings. The van der Waals surface area contributed by atoms with Crippen LogP contribution in [0.5, 0.6) is 5.75 Å². The van der Waals surface area contributed by atoms with Crippen LogP contribution in [-0.2, 0) is 0 Å². The molecule has 0 amide bonds. The normalized spacial score (nSPS) is 11.8. The summed E-state index contributed by atoms with van der Waals surface area (Å²) in [5.74, 6) is 0.943. The number of fused-ring (bicyclic) bond motifs is 1. The van der Waals surface area contributed by atoms with Crippen LogP contribution in [0.2, 0.25) is 0 Å². The summed E-state index contributed by atoms with van der Waals surface area (Å²) < 4.78 is 7.82. The Morgan fingerprint density at radius 2 is 1.67 bits per heavy atom. The molecule has 0 atom stereocenters. The maximum absolute atomic E-state index is 5.79. The maximum atomic E-state index is 5.79. The molecule has 2 nitrogen and oxygen atoms in total. The Kier molecular flexibility index (Phi) is 3.93. The molecule has 0 unspecified atom stereocenters. The van der Waals surface area contributed by atoms with Gasteiger partial charge in [-0.15, -0.1) is 0 Å². The molecule has 0 bridgehead atoms. The van der Waals surface area contributed by atoms with Crippen molar-refractivity contribution < 1.29 is 9.22 Å².